The Kier molecular flexibility index (Phi) is 4.67. The van der Waals surface area contributed by atoms with Gasteiger partial charge in [0.05, 0.1) is 17.0 Å². The number of nitrogens with zero attached hydrogens (tertiary/aromatic N) is 1. The van der Waals surface area contributed by atoms with E-state index in [2.05, 4.69) is 15.2 Å². The number of nitrogens with two attached hydrogens (primary N) is 1. The van der Waals surface area contributed by atoms with Crippen LogP contribution in [0, 0.1) is 0 Å². The summed E-state index contributed by atoms with van der Waals surface area (Å²) < 4.78 is 0. The molecule has 1 aromatic carbocycles. The van der Waals surface area contributed by atoms with Crippen LogP contribution in [0.5, 0.6) is 0 Å². The largest absolute Gasteiger partial charge is 0.365 e. The maximum absolute atomic E-state index is 12.7. The van der Waals surface area contributed by atoms with Crippen molar-refractivity contribution in [3.8, 4) is 0 Å². The van der Waals surface area contributed by atoms with Gasteiger partial charge in [-0.2, -0.15) is 0 Å². The number of aromatic amines is 1. The second-order valence-electron chi connectivity index (χ2n) is 6.76. The van der Waals surface area contributed by atoms with Gasteiger partial charge < -0.3 is 20.9 Å². The van der Waals surface area contributed by atoms with Crippen molar-refractivity contribution >= 4 is 50.7 Å². The molecule has 0 bridgehead atoms. The molecule has 27 heavy (non-hydrogen) atoms. The first-order chi connectivity index (χ1) is 12.9. The summed E-state index contributed by atoms with van der Waals surface area (Å²) in [6, 6.07) is 5.57. The summed E-state index contributed by atoms with van der Waals surface area (Å²) in [6.07, 6.45) is 2.71. The smallest absolute Gasteiger partial charge is 0.251 e. The van der Waals surface area contributed by atoms with E-state index >= 15 is 0 Å². The third-order valence-electron chi connectivity index (χ3n) is 4.83. The van der Waals surface area contributed by atoms with Gasteiger partial charge in [0.25, 0.3) is 5.91 Å². The number of carbonyl (C=O) groups excluding carboxylic acids is 2. The Hall–Kier alpha value is -2.35. The number of likely N-dealkylation sites (N-methyl/N-ethyl adjacent to an activating group) is 1. The minimum absolute atomic E-state index is 0.157. The van der Waals surface area contributed by atoms with Crippen molar-refractivity contribution in [2.24, 2.45) is 5.73 Å². The zero-order valence-electron chi connectivity index (χ0n) is 14.8. The standard InChI is InChI=1S/C19H19ClN4O2S/c1-24-6-5-11-14(9-24)27-19(17(11)18(21)26)23-15(25)7-10-8-22-13-4-2-3-12(20)16(10)13/h2-4,8,22H,5-7,9H2,1H3,(H2,21,26)(H,23,25). The van der Waals surface area contributed by atoms with Gasteiger partial charge in [0, 0.05) is 35.1 Å². The minimum Gasteiger partial charge on any atom is -0.365 e. The molecule has 2 aromatic heterocycles. The van der Waals surface area contributed by atoms with Crippen molar-refractivity contribution < 1.29 is 9.59 Å². The molecule has 0 radical (unpaired) electrons. The molecular formula is C19H19ClN4O2S. The number of anilines is 1. The number of hydrogen-bond donors (Lipinski definition) is 3. The lowest BCUT2D eigenvalue weighted by Crippen LogP contribution is -2.27. The average molecular weight is 403 g/mol. The maximum Gasteiger partial charge on any atom is 0.251 e. The highest BCUT2D eigenvalue weighted by Gasteiger charge is 2.26. The molecule has 4 N–H and O–H groups in total. The average Bonchev–Trinajstić information content (AvgIpc) is 3.16. The van der Waals surface area contributed by atoms with E-state index < -0.39 is 5.91 Å². The van der Waals surface area contributed by atoms with Crippen LogP contribution in [-0.4, -0.2) is 35.3 Å². The zero-order chi connectivity index (χ0) is 19.1. The predicted octanol–water partition coefficient (Wildman–Crippen LogP) is 3.15. The summed E-state index contributed by atoms with van der Waals surface area (Å²) in [5, 5.41) is 4.88. The fraction of sp³-hybridized carbons (Fsp3) is 0.263. The number of fused-ring (bicyclic) bond motifs is 2. The number of rotatable bonds is 4. The normalized spacial score (nSPS) is 14.3. The fourth-order valence-electron chi connectivity index (χ4n) is 3.57. The monoisotopic (exact) mass is 402 g/mol. The number of primary amides is 1. The third kappa shape index (κ3) is 3.34. The Morgan fingerprint density at radius 3 is 3.00 bits per heavy atom. The van der Waals surface area contributed by atoms with E-state index in [1.165, 1.54) is 11.3 Å². The second-order valence-corrected chi connectivity index (χ2v) is 8.27. The molecule has 3 heterocycles. The summed E-state index contributed by atoms with van der Waals surface area (Å²) in [7, 11) is 2.03. The molecule has 0 unspecified atom stereocenters. The highest BCUT2D eigenvalue weighted by Crippen LogP contribution is 2.37. The number of halogens is 1. The fourth-order valence-corrected chi connectivity index (χ4v) is 5.22. The molecule has 8 heteroatoms. The van der Waals surface area contributed by atoms with Crippen LogP contribution in [-0.2, 0) is 24.2 Å². The van der Waals surface area contributed by atoms with Crippen LogP contribution >= 0.6 is 22.9 Å². The summed E-state index contributed by atoms with van der Waals surface area (Å²) >= 11 is 7.71. The topological polar surface area (TPSA) is 91.2 Å². The van der Waals surface area contributed by atoms with E-state index in [1.807, 2.05) is 19.2 Å². The molecule has 1 aliphatic rings. The van der Waals surface area contributed by atoms with Gasteiger partial charge in [-0.3, -0.25) is 9.59 Å². The molecule has 2 amide bonds. The van der Waals surface area contributed by atoms with Crippen molar-refractivity contribution in [1.82, 2.24) is 9.88 Å². The lowest BCUT2D eigenvalue weighted by atomic mass is 10.0. The molecule has 0 saturated carbocycles. The van der Waals surface area contributed by atoms with Crippen molar-refractivity contribution in [3.63, 3.8) is 0 Å². The van der Waals surface area contributed by atoms with Gasteiger partial charge in [0.2, 0.25) is 5.91 Å². The summed E-state index contributed by atoms with van der Waals surface area (Å²) in [5.74, 6) is -0.701. The highest BCUT2D eigenvalue weighted by atomic mass is 35.5. The Labute approximate surface area is 165 Å². The predicted molar refractivity (Wildman–Crippen MR) is 109 cm³/mol. The van der Waals surface area contributed by atoms with Crippen molar-refractivity contribution in [2.45, 2.75) is 19.4 Å². The van der Waals surface area contributed by atoms with Crippen LogP contribution in [0.25, 0.3) is 10.9 Å². The number of benzene rings is 1. The van der Waals surface area contributed by atoms with Crippen LogP contribution in [0.3, 0.4) is 0 Å². The van der Waals surface area contributed by atoms with E-state index in [9.17, 15) is 9.59 Å². The summed E-state index contributed by atoms with van der Waals surface area (Å²) in [4.78, 5) is 31.1. The number of aromatic nitrogens is 1. The molecule has 0 spiro atoms. The minimum atomic E-state index is -0.498. The highest BCUT2D eigenvalue weighted by molar-refractivity contribution is 7.17. The van der Waals surface area contributed by atoms with Crippen molar-refractivity contribution in [3.05, 3.63) is 51.0 Å². The molecule has 1 aliphatic heterocycles. The molecule has 140 valence electrons. The first-order valence-corrected chi connectivity index (χ1v) is 9.80. The molecular weight excluding hydrogens is 384 g/mol. The SMILES string of the molecule is CN1CCc2c(sc(NC(=O)Cc3c[nH]c4cccc(Cl)c34)c2C(N)=O)C1. The molecule has 0 saturated heterocycles. The van der Waals surface area contributed by atoms with Crippen LogP contribution in [0.1, 0.15) is 26.4 Å². The van der Waals surface area contributed by atoms with Gasteiger partial charge in [-0.05, 0) is 36.7 Å². The van der Waals surface area contributed by atoms with E-state index in [0.717, 1.165) is 46.4 Å². The van der Waals surface area contributed by atoms with E-state index in [0.29, 0.717) is 15.6 Å². The van der Waals surface area contributed by atoms with Crippen molar-refractivity contribution in [2.75, 3.05) is 18.9 Å². The molecule has 0 atom stereocenters. The van der Waals surface area contributed by atoms with Crippen LogP contribution in [0.15, 0.2) is 24.4 Å². The Morgan fingerprint density at radius 1 is 1.41 bits per heavy atom. The van der Waals surface area contributed by atoms with Gasteiger partial charge in [-0.1, -0.05) is 17.7 Å². The van der Waals surface area contributed by atoms with Gasteiger partial charge >= 0.3 is 0 Å². The number of carbonyl (C=O) groups is 2. The maximum atomic E-state index is 12.7. The molecule has 3 aromatic rings. The lowest BCUT2D eigenvalue weighted by molar-refractivity contribution is -0.115. The van der Waals surface area contributed by atoms with E-state index in [-0.39, 0.29) is 12.3 Å². The number of amides is 2. The Bertz CT molecular complexity index is 1060. The third-order valence-corrected chi connectivity index (χ3v) is 6.28. The summed E-state index contributed by atoms with van der Waals surface area (Å²) in [5.41, 5.74) is 8.73. The molecule has 6 nitrogen and oxygen atoms in total. The van der Waals surface area contributed by atoms with E-state index in [4.69, 9.17) is 17.3 Å². The Balaban J connectivity index is 1.60. The number of hydrogen-bond acceptors (Lipinski definition) is 4. The zero-order valence-corrected chi connectivity index (χ0v) is 16.3. The lowest BCUT2D eigenvalue weighted by Gasteiger charge is -2.22. The van der Waals surface area contributed by atoms with Crippen LogP contribution in [0.2, 0.25) is 5.02 Å². The molecule has 0 fully saturated rings. The number of H-pyrrole nitrogens is 1. The van der Waals surface area contributed by atoms with Gasteiger partial charge in [0.1, 0.15) is 5.00 Å². The van der Waals surface area contributed by atoms with E-state index in [1.54, 1.807) is 12.3 Å². The van der Waals surface area contributed by atoms with Gasteiger partial charge in [0.15, 0.2) is 0 Å². The van der Waals surface area contributed by atoms with Crippen LogP contribution in [0.4, 0.5) is 5.00 Å². The molecule has 4 rings (SSSR count). The summed E-state index contributed by atoms with van der Waals surface area (Å²) in [6.45, 7) is 1.62. The Morgan fingerprint density at radius 2 is 2.22 bits per heavy atom. The van der Waals surface area contributed by atoms with Gasteiger partial charge in [-0.15, -0.1) is 11.3 Å². The second kappa shape index (κ2) is 6.99. The first-order valence-electron chi connectivity index (χ1n) is 8.61. The molecule has 0 aliphatic carbocycles. The van der Waals surface area contributed by atoms with Gasteiger partial charge in [-0.25, -0.2) is 0 Å². The van der Waals surface area contributed by atoms with Crippen molar-refractivity contribution in [1.29, 1.82) is 0 Å². The van der Waals surface area contributed by atoms with Crippen LogP contribution < -0.4 is 11.1 Å². The first kappa shape index (κ1) is 18.0. The quantitative estimate of drug-likeness (QED) is 0.626. The number of thiophene rings is 1. The number of nitrogens with one attached hydrogen (secondary N) is 2.